The Morgan fingerprint density at radius 2 is 2.14 bits per heavy atom. The zero-order valence-corrected chi connectivity index (χ0v) is 21.8. The van der Waals surface area contributed by atoms with E-state index in [0.29, 0.717) is 35.6 Å². The number of nitrogens with zero attached hydrogens (tertiary/aromatic N) is 7. The van der Waals surface area contributed by atoms with Crippen molar-refractivity contribution in [3.63, 3.8) is 0 Å². The number of anilines is 1. The predicted octanol–water partition coefficient (Wildman–Crippen LogP) is 1.98. The fourth-order valence-corrected chi connectivity index (χ4v) is 5.07. The number of thiol groups is 2. The number of H-pyrrole nitrogens is 1. The number of carbonyl (C=O) groups is 1. The van der Waals surface area contributed by atoms with Gasteiger partial charge in [-0.3, -0.25) is 14.3 Å². The van der Waals surface area contributed by atoms with E-state index < -0.39 is 18.4 Å². The number of nitrogens with two attached hydrogens (primary N) is 1. The Morgan fingerprint density at radius 3 is 2.97 bits per heavy atom. The first kappa shape index (κ1) is 25.8. The second-order valence-electron chi connectivity index (χ2n) is 7.90. The first-order valence-corrected chi connectivity index (χ1v) is 13.8. The van der Waals surface area contributed by atoms with Crippen LogP contribution in [-0.2, 0) is 31.7 Å². The zero-order chi connectivity index (χ0) is 25.9. The standard InChI is InChI=1S/C19H22N9O6PS2/c20-18-25-16-14(17(29)26-18)23-9-28(16)13-2-1-10(34-13)6-33-35(37)32-4-3-27-12(7-31-19(30)36)24-11-5-21-8-22-15(11)27/h5,8-10,13,37H,1-4,6-7H2,(H,30,36)(H3,20,25,26,29)/t10?,13-,35?/m1/s1. The molecule has 0 radical (unpaired) electrons. The lowest BCUT2D eigenvalue weighted by atomic mass is 10.2. The van der Waals surface area contributed by atoms with Gasteiger partial charge in [-0.05, 0) is 12.8 Å². The maximum absolute atomic E-state index is 12.0. The van der Waals surface area contributed by atoms with Gasteiger partial charge in [-0.25, -0.2) is 24.7 Å². The van der Waals surface area contributed by atoms with Crippen LogP contribution in [-0.4, -0.2) is 63.7 Å². The third kappa shape index (κ3) is 5.86. The van der Waals surface area contributed by atoms with Crippen molar-refractivity contribution in [2.45, 2.75) is 38.3 Å². The predicted molar refractivity (Wildman–Crippen MR) is 138 cm³/mol. The minimum absolute atomic E-state index is 0.0148. The highest BCUT2D eigenvalue weighted by Gasteiger charge is 2.29. The second-order valence-corrected chi connectivity index (χ2v) is 10.2. The molecule has 5 rings (SSSR count). The highest BCUT2D eigenvalue weighted by molar-refractivity contribution is 8.41. The van der Waals surface area contributed by atoms with Crippen molar-refractivity contribution in [3.05, 3.63) is 35.0 Å². The molecule has 1 aliphatic heterocycles. The van der Waals surface area contributed by atoms with Crippen LogP contribution < -0.4 is 11.3 Å². The quantitative estimate of drug-likeness (QED) is 0.124. The van der Waals surface area contributed by atoms with Gasteiger partial charge >= 0.3 is 5.30 Å². The van der Waals surface area contributed by atoms with Crippen LogP contribution in [0.3, 0.4) is 0 Å². The van der Waals surface area contributed by atoms with Crippen molar-refractivity contribution in [1.82, 2.24) is 39.0 Å². The fraction of sp³-hybridized carbons (Fsp3) is 0.421. The maximum atomic E-state index is 12.0. The third-order valence-electron chi connectivity index (χ3n) is 5.55. The van der Waals surface area contributed by atoms with Crippen LogP contribution in [0.1, 0.15) is 24.9 Å². The number of aromatic amines is 1. The summed E-state index contributed by atoms with van der Waals surface area (Å²) in [5.74, 6) is 0.502. The van der Waals surface area contributed by atoms with E-state index in [2.05, 4.69) is 54.8 Å². The highest BCUT2D eigenvalue weighted by Crippen LogP contribution is 2.44. The molecule has 196 valence electrons. The van der Waals surface area contributed by atoms with E-state index in [1.54, 1.807) is 15.3 Å². The van der Waals surface area contributed by atoms with Gasteiger partial charge in [-0.15, -0.1) is 0 Å². The zero-order valence-electron chi connectivity index (χ0n) is 19.1. The summed E-state index contributed by atoms with van der Waals surface area (Å²) in [6.07, 6.45) is 5.38. The maximum Gasteiger partial charge on any atom is 0.364 e. The molecule has 0 saturated carbocycles. The van der Waals surface area contributed by atoms with Crippen LogP contribution in [0.2, 0.25) is 0 Å². The van der Waals surface area contributed by atoms with Gasteiger partial charge in [0.25, 0.3) is 5.56 Å². The topological polar surface area (TPSA) is 187 Å². The smallest absolute Gasteiger partial charge is 0.364 e. The number of nitrogen functional groups attached to an aromatic ring is 1. The van der Waals surface area contributed by atoms with Crippen LogP contribution in [0, 0.1) is 0 Å². The van der Waals surface area contributed by atoms with Crippen LogP contribution in [0.5, 0.6) is 0 Å². The SMILES string of the molecule is Nc1nc2c(ncn2[C@H]2CCC(COP(S)OCCn3c(COC(=O)S)nc4cncnc43)O2)c(=O)[nH]1. The molecule has 18 heteroatoms. The normalized spacial score (nSPS) is 18.5. The number of nitrogens with one attached hydrogen (secondary N) is 1. The Kier molecular flexibility index (Phi) is 7.87. The summed E-state index contributed by atoms with van der Waals surface area (Å²) in [6.45, 7) is 0.844. The van der Waals surface area contributed by atoms with Crippen molar-refractivity contribution in [1.29, 1.82) is 0 Å². The van der Waals surface area contributed by atoms with Gasteiger partial charge in [0.05, 0.1) is 31.8 Å². The van der Waals surface area contributed by atoms with Crippen molar-refractivity contribution >= 4 is 66.0 Å². The molecule has 0 aromatic carbocycles. The molecule has 2 unspecified atom stereocenters. The Hall–Kier alpha value is -2.82. The van der Waals surface area contributed by atoms with Crippen LogP contribution in [0.4, 0.5) is 10.7 Å². The van der Waals surface area contributed by atoms with Gasteiger partial charge in [-0.1, -0.05) is 24.9 Å². The summed E-state index contributed by atoms with van der Waals surface area (Å²) in [5.41, 5.74) is 7.00. The van der Waals surface area contributed by atoms with E-state index in [-0.39, 0.29) is 43.6 Å². The summed E-state index contributed by atoms with van der Waals surface area (Å²) in [5, 5.41) is -0.708. The minimum Gasteiger partial charge on any atom is -0.450 e. The molecule has 15 nitrogen and oxygen atoms in total. The molecule has 3 N–H and O–H groups in total. The summed E-state index contributed by atoms with van der Waals surface area (Å²) in [4.78, 5) is 46.4. The van der Waals surface area contributed by atoms with Crippen LogP contribution in [0.25, 0.3) is 22.3 Å². The molecule has 37 heavy (non-hydrogen) atoms. The van der Waals surface area contributed by atoms with E-state index in [1.165, 1.54) is 12.7 Å². The average molecular weight is 568 g/mol. The molecule has 4 aromatic heterocycles. The molecule has 0 spiro atoms. The van der Waals surface area contributed by atoms with E-state index in [1.807, 2.05) is 0 Å². The number of hydrogen-bond donors (Lipinski definition) is 4. The number of rotatable bonds is 10. The van der Waals surface area contributed by atoms with Crippen molar-refractivity contribution < 1.29 is 23.3 Å². The molecule has 5 heterocycles. The van der Waals surface area contributed by atoms with Gasteiger partial charge in [0, 0.05) is 6.54 Å². The number of imidazole rings is 2. The molecule has 1 aliphatic rings. The summed E-state index contributed by atoms with van der Waals surface area (Å²) >= 11 is 8.03. The van der Waals surface area contributed by atoms with Gasteiger partial charge in [0.15, 0.2) is 23.4 Å². The lowest BCUT2D eigenvalue weighted by molar-refractivity contribution is -0.0156. The van der Waals surface area contributed by atoms with Crippen molar-refractivity contribution in [2.24, 2.45) is 0 Å². The molecular formula is C19H22N9O6PS2. The molecule has 0 aliphatic carbocycles. The van der Waals surface area contributed by atoms with E-state index in [4.69, 9.17) is 24.3 Å². The van der Waals surface area contributed by atoms with Crippen molar-refractivity contribution in [3.8, 4) is 0 Å². The summed E-state index contributed by atoms with van der Waals surface area (Å²) < 4.78 is 26.0. The van der Waals surface area contributed by atoms with Crippen LogP contribution in [0.15, 0.2) is 23.6 Å². The lowest BCUT2D eigenvalue weighted by Gasteiger charge is -2.17. The van der Waals surface area contributed by atoms with Crippen LogP contribution >= 0.6 is 32.5 Å². The number of aromatic nitrogens is 8. The Bertz CT molecular complexity index is 1480. The number of ether oxygens (including phenoxy) is 2. The Balaban J connectivity index is 1.12. The van der Waals surface area contributed by atoms with Crippen molar-refractivity contribution in [2.75, 3.05) is 18.9 Å². The molecule has 3 atom stereocenters. The van der Waals surface area contributed by atoms with E-state index in [0.717, 1.165) is 6.42 Å². The minimum atomic E-state index is -1.49. The molecule has 0 bridgehead atoms. The lowest BCUT2D eigenvalue weighted by Crippen LogP contribution is -2.17. The Morgan fingerprint density at radius 1 is 1.27 bits per heavy atom. The largest absolute Gasteiger partial charge is 0.450 e. The first-order chi connectivity index (χ1) is 17.9. The number of hydrogen-bond acceptors (Lipinski definition) is 13. The van der Waals surface area contributed by atoms with E-state index in [9.17, 15) is 9.59 Å². The van der Waals surface area contributed by atoms with Gasteiger partial charge in [0.2, 0.25) is 13.5 Å². The van der Waals surface area contributed by atoms with Gasteiger partial charge in [0.1, 0.15) is 23.9 Å². The summed E-state index contributed by atoms with van der Waals surface area (Å²) in [7, 11) is -1.49. The monoisotopic (exact) mass is 567 g/mol. The second kappa shape index (κ2) is 11.3. The summed E-state index contributed by atoms with van der Waals surface area (Å²) in [6, 6.07) is 0. The number of fused-ring (bicyclic) bond motifs is 2. The van der Waals surface area contributed by atoms with E-state index >= 15 is 0 Å². The fourth-order valence-electron chi connectivity index (χ4n) is 3.96. The highest BCUT2D eigenvalue weighted by atomic mass is 32.7. The number of carbonyl (C=O) groups excluding carboxylic acids is 1. The first-order valence-electron chi connectivity index (χ1n) is 11.0. The molecule has 1 fully saturated rings. The molecular weight excluding hydrogens is 545 g/mol. The van der Waals surface area contributed by atoms with Gasteiger partial charge in [-0.2, -0.15) is 4.98 Å². The molecule has 0 amide bonds. The molecule has 4 aromatic rings. The average Bonchev–Trinajstić information content (AvgIpc) is 3.58. The van der Waals surface area contributed by atoms with Gasteiger partial charge < -0.3 is 28.8 Å². The third-order valence-corrected chi connectivity index (χ3v) is 7.14. The molecule has 1 saturated heterocycles. The Labute approximate surface area is 220 Å².